The van der Waals surface area contributed by atoms with E-state index in [-0.39, 0.29) is 5.56 Å². The Hall–Kier alpha value is -2.24. The molecule has 0 bridgehead atoms. The van der Waals surface area contributed by atoms with Crippen LogP contribution in [0.15, 0.2) is 18.6 Å². The van der Waals surface area contributed by atoms with E-state index in [1.165, 1.54) is 17.1 Å². The van der Waals surface area contributed by atoms with Gasteiger partial charge >= 0.3 is 5.97 Å². The zero-order chi connectivity index (χ0) is 11.7. The van der Waals surface area contributed by atoms with Crippen LogP contribution in [0.2, 0.25) is 0 Å². The molecule has 82 valence electrons. The minimum absolute atomic E-state index is 0.131. The third kappa shape index (κ3) is 1.65. The second kappa shape index (κ2) is 3.73. The van der Waals surface area contributed by atoms with Gasteiger partial charge in [-0.15, -0.1) is 0 Å². The molecule has 2 rings (SSSR count). The molecule has 2 aromatic heterocycles. The Bertz CT molecular complexity index is 548. The lowest BCUT2D eigenvalue weighted by Gasteiger charge is -2.00. The smallest absolute Gasteiger partial charge is 0.339 e. The van der Waals surface area contributed by atoms with Gasteiger partial charge in [-0.25, -0.2) is 4.79 Å². The van der Waals surface area contributed by atoms with Crippen LogP contribution < -0.4 is 0 Å². The fourth-order valence-electron chi connectivity index (χ4n) is 1.46. The molecular formula is C10H10N4O2. The maximum atomic E-state index is 11.0. The first-order chi connectivity index (χ1) is 7.59. The average Bonchev–Trinajstić information content (AvgIpc) is 2.61. The summed E-state index contributed by atoms with van der Waals surface area (Å²) in [6.45, 7) is 1.77. The fourth-order valence-corrected chi connectivity index (χ4v) is 1.46. The highest BCUT2D eigenvalue weighted by Gasteiger charge is 2.18. The summed E-state index contributed by atoms with van der Waals surface area (Å²) >= 11 is 0. The van der Waals surface area contributed by atoms with Gasteiger partial charge in [0.15, 0.2) is 0 Å². The van der Waals surface area contributed by atoms with Crippen molar-refractivity contribution in [2.24, 2.45) is 7.05 Å². The predicted molar refractivity (Wildman–Crippen MR) is 55.9 cm³/mol. The van der Waals surface area contributed by atoms with E-state index in [0.29, 0.717) is 17.1 Å². The topological polar surface area (TPSA) is 80.9 Å². The monoisotopic (exact) mass is 218 g/mol. The summed E-state index contributed by atoms with van der Waals surface area (Å²) in [5, 5.41) is 13.1. The zero-order valence-electron chi connectivity index (χ0n) is 8.88. The lowest BCUT2D eigenvalue weighted by Crippen LogP contribution is -2.00. The van der Waals surface area contributed by atoms with Gasteiger partial charge < -0.3 is 5.11 Å². The molecule has 0 saturated carbocycles. The molecule has 0 atom stereocenters. The summed E-state index contributed by atoms with van der Waals surface area (Å²) in [4.78, 5) is 19.2. The highest BCUT2D eigenvalue weighted by molar-refractivity contribution is 5.94. The number of nitrogens with zero attached hydrogens (tertiary/aromatic N) is 4. The molecule has 16 heavy (non-hydrogen) atoms. The van der Waals surface area contributed by atoms with E-state index in [1.807, 2.05) is 0 Å². The molecule has 1 N–H and O–H groups in total. The number of carboxylic acid groups (broad SMARTS) is 1. The second-order valence-corrected chi connectivity index (χ2v) is 3.36. The Labute approximate surface area is 91.6 Å². The largest absolute Gasteiger partial charge is 0.478 e. The third-order valence-electron chi connectivity index (χ3n) is 2.16. The minimum Gasteiger partial charge on any atom is -0.478 e. The van der Waals surface area contributed by atoms with Crippen molar-refractivity contribution in [2.45, 2.75) is 6.92 Å². The SMILES string of the molecule is Cc1nccnc1-c1nn(C)cc1C(=O)O. The maximum absolute atomic E-state index is 11.0. The summed E-state index contributed by atoms with van der Waals surface area (Å²) in [7, 11) is 1.67. The van der Waals surface area contributed by atoms with Crippen molar-refractivity contribution in [1.82, 2.24) is 19.7 Å². The maximum Gasteiger partial charge on any atom is 0.339 e. The Morgan fingerprint density at radius 1 is 1.31 bits per heavy atom. The Kier molecular flexibility index (Phi) is 2.40. The predicted octanol–water partition coefficient (Wildman–Crippen LogP) is 0.884. The van der Waals surface area contributed by atoms with Gasteiger partial charge in [0.2, 0.25) is 0 Å². The molecule has 6 nitrogen and oxygen atoms in total. The molecular weight excluding hydrogens is 208 g/mol. The van der Waals surface area contributed by atoms with Crippen LogP contribution in [0, 0.1) is 6.92 Å². The van der Waals surface area contributed by atoms with Crippen LogP contribution in [0.5, 0.6) is 0 Å². The van der Waals surface area contributed by atoms with Gasteiger partial charge in [0.25, 0.3) is 0 Å². The summed E-state index contributed by atoms with van der Waals surface area (Å²) in [5.41, 5.74) is 1.64. The van der Waals surface area contributed by atoms with Gasteiger partial charge in [0.1, 0.15) is 17.0 Å². The van der Waals surface area contributed by atoms with Crippen LogP contribution in [0.3, 0.4) is 0 Å². The molecule has 0 fully saturated rings. The molecule has 0 spiro atoms. The number of aromatic carboxylic acids is 1. The van der Waals surface area contributed by atoms with Gasteiger partial charge in [0, 0.05) is 25.6 Å². The van der Waals surface area contributed by atoms with Crippen LogP contribution in [0.4, 0.5) is 0 Å². The van der Waals surface area contributed by atoms with Crippen molar-refractivity contribution < 1.29 is 9.90 Å². The Morgan fingerprint density at radius 3 is 2.62 bits per heavy atom. The molecule has 0 radical (unpaired) electrons. The first-order valence-electron chi connectivity index (χ1n) is 4.64. The molecule has 0 aliphatic carbocycles. The molecule has 2 aromatic rings. The fraction of sp³-hybridized carbons (Fsp3) is 0.200. The van der Waals surface area contributed by atoms with Crippen LogP contribution in [-0.4, -0.2) is 30.8 Å². The Morgan fingerprint density at radius 2 is 2.00 bits per heavy atom. The summed E-state index contributed by atoms with van der Waals surface area (Å²) in [5.74, 6) is -1.02. The first-order valence-corrected chi connectivity index (χ1v) is 4.64. The minimum atomic E-state index is -1.02. The number of hydrogen-bond donors (Lipinski definition) is 1. The molecule has 2 heterocycles. The molecule has 0 aliphatic heterocycles. The van der Waals surface area contributed by atoms with Crippen molar-refractivity contribution in [3.63, 3.8) is 0 Å². The summed E-state index contributed by atoms with van der Waals surface area (Å²) < 4.78 is 1.45. The van der Waals surface area contributed by atoms with Crippen LogP contribution in [0.25, 0.3) is 11.4 Å². The first kappa shape index (κ1) is 10.3. The number of carbonyl (C=O) groups is 1. The van der Waals surface area contributed by atoms with Crippen molar-refractivity contribution >= 4 is 5.97 Å². The molecule has 0 amide bonds. The number of aryl methyl sites for hydroxylation is 2. The number of aromatic nitrogens is 4. The van der Waals surface area contributed by atoms with Gasteiger partial charge in [0.05, 0.1) is 5.69 Å². The lowest BCUT2D eigenvalue weighted by atomic mass is 10.1. The van der Waals surface area contributed by atoms with E-state index in [1.54, 1.807) is 20.2 Å². The van der Waals surface area contributed by atoms with Gasteiger partial charge in [-0.3, -0.25) is 14.6 Å². The zero-order valence-corrected chi connectivity index (χ0v) is 8.88. The van der Waals surface area contributed by atoms with Crippen LogP contribution >= 0.6 is 0 Å². The van der Waals surface area contributed by atoms with Gasteiger partial charge in [-0.1, -0.05) is 0 Å². The highest BCUT2D eigenvalue weighted by Crippen LogP contribution is 2.21. The molecule has 0 saturated heterocycles. The van der Waals surface area contributed by atoms with Crippen LogP contribution in [0.1, 0.15) is 16.1 Å². The van der Waals surface area contributed by atoms with Crippen molar-refractivity contribution in [2.75, 3.05) is 0 Å². The average molecular weight is 218 g/mol. The van der Waals surface area contributed by atoms with E-state index in [4.69, 9.17) is 5.11 Å². The molecule has 0 unspecified atom stereocenters. The number of rotatable bonds is 2. The molecule has 6 heteroatoms. The quantitative estimate of drug-likeness (QED) is 0.809. The van der Waals surface area contributed by atoms with Crippen LogP contribution in [-0.2, 0) is 7.05 Å². The normalized spacial score (nSPS) is 10.4. The third-order valence-corrected chi connectivity index (χ3v) is 2.16. The molecule has 0 aromatic carbocycles. The van der Waals surface area contributed by atoms with Gasteiger partial charge in [-0.05, 0) is 6.92 Å². The van der Waals surface area contributed by atoms with E-state index in [9.17, 15) is 4.79 Å². The highest BCUT2D eigenvalue weighted by atomic mass is 16.4. The second-order valence-electron chi connectivity index (χ2n) is 3.36. The van der Waals surface area contributed by atoms with Crippen molar-refractivity contribution in [3.8, 4) is 11.4 Å². The van der Waals surface area contributed by atoms with Gasteiger partial charge in [-0.2, -0.15) is 5.10 Å². The van der Waals surface area contributed by atoms with E-state index in [0.717, 1.165) is 0 Å². The lowest BCUT2D eigenvalue weighted by molar-refractivity contribution is 0.0697. The number of carboxylic acids is 1. The number of hydrogen-bond acceptors (Lipinski definition) is 4. The Balaban J connectivity index is 2.64. The summed E-state index contributed by atoms with van der Waals surface area (Å²) in [6, 6.07) is 0. The van der Waals surface area contributed by atoms with E-state index < -0.39 is 5.97 Å². The standard InChI is InChI=1S/C10H10N4O2/c1-6-8(12-4-3-11-6)9-7(10(15)16)5-14(2)13-9/h3-5H,1-2H3,(H,15,16). The van der Waals surface area contributed by atoms with E-state index >= 15 is 0 Å². The molecule has 0 aliphatic rings. The summed E-state index contributed by atoms with van der Waals surface area (Å²) in [6.07, 6.45) is 4.52. The van der Waals surface area contributed by atoms with E-state index in [2.05, 4.69) is 15.1 Å². The van der Waals surface area contributed by atoms with Crippen molar-refractivity contribution in [1.29, 1.82) is 0 Å². The van der Waals surface area contributed by atoms with Crippen molar-refractivity contribution in [3.05, 3.63) is 29.8 Å².